The summed E-state index contributed by atoms with van der Waals surface area (Å²) < 4.78 is 67.5. The second-order valence-electron chi connectivity index (χ2n) is 7.14. The van der Waals surface area contributed by atoms with Crippen molar-refractivity contribution in [2.75, 3.05) is 31.1 Å². The molecule has 1 atom stereocenters. The fourth-order valence-electron chi connectivity index (χ4n) is 3.34. The van der Waals surface area contributed by atoms with Crippen LogP contribution in [-0.4, -0.2) is 43.7 Å². The lowest BCUT2D eigenvalue weighted by Gasteiger charge is -2.36. The number of carbonyl (C=O) groups excluding carboxylic acids is 1. The number of nitrogens with one attached hydrogen (secondary N) is 1. The van der Waals surface area contributed by atoms with Gasteiger partial charge >= 0.3 is 18.8 Å². The highest BCUT2D eigenvalue weighted by molar-refractivity contribution is 5.75. The molecule has 1 saturated heterocycles. The van der Waals surface area contributed by atoms with Crippen molar-refractivity contribution >= 4 is 11.7 Å². The second kappa shape index (κ2) is 9.40. The normalized spacial score (nSPS) is 15.7. The molecular weight excluding hydrogens is 421 g/mol. The summed E-state index contributed by atoms with van der Waals surface area (Å²) in [4.78, 5) is 15.9. The molecule has 0 radical (unpaired) electrons. The molecule has 1 aliphatic heterocycles. The number of benzene rings is 2. The van der Waals surface area contributed by atoms with Crippen LogP contribution in [0.4, 0.5) is 32.4 Å². The van der Waals surface area contributed by atoms with Crippen LogP contribution in [-0.2, 0) is 6.18 Å². The zero-order valence-electron chi connectivity index (χ0n) is 16.7. The summed E-state index contributed by atoms with van der Waals surface area (Å²) in [6.45, 7) is 0.384. The molecule has 1 aliphatic rings. The molecule has 2 aromatic rings. The Bertz CT molecular complexity index is 881. The number of halogens is 5. The van der Waals surface area contributed by atoms with Crippen LogP contribution in [0.3, 0.4) is 0 Å². The highest BCUT2D eigenvalue weighted by atomic mass is 19.4. The van der Waals surface area contributed by atoms with E-state index in [1.165, 1.54) is 18.2 Å². The lowest BCUT2D eigenvalue weighted by molar-refractivity contribution is -0.137. The van der Waals surface area contributed by atoms with Crippen molar-refractivity contribution in [3.05, 3.63) is 59.7 Å². The molecule has 0 aliphatic carbocycles. The number of hydrogen-bond donors (Lipinski definition) is 1. The molecular formula is C21H22F5N3O2. The van der Waals surface area contributed by atoms with Crippen LogP contribution in [0.5, 0.6) is 5.75 Å². The van der Waals surface area contributed by atoms with Crippen molar-refractivity contribution in [3.8, 4) is 5.75 Å². The van der Waals surface area contributed by atoms with Crippen molar-refractivity contribution in [3.63, 3.8) is 0 Å². The highest BCUT2D eigenvalue weighted by Crippen LogP contribution is 2.32. The number of hydrogen-bond acceptors (Lipinski definition) is 3. The molecule has 1 fully saturated rings. The van der Waals surface area contributed by atoms with E-state index < -0.39 is 18.4 Å². The zero-order chi connectivity index (χ0) is 22.6. The summed E-state index contributed by atoms with van der Waals surface area (Å²) in [6, 6.07) is 10.4. The lowest BCUT2D eigenvalue weighted by Crippen LogP contribution is -2.52. The first kappa shape index (κ1) is 22.6. The number of nitrogens with zero attached hydrogens (tertiary/aromatic N) is 2. The Kier molecular flexibility index (Phi) is 6.87. The highest BCUT2D eigenvalue weighted by Gasteiger charge is 2.31. The Hall–Kier alpha value is -3.04. The van der Waals surface area contributed by atoms with E-state index in [0.717, 1.165) is 17.7 Å². The van der Waals surface area contributed by atoms with Gasteiger partial charge in [-0.2, -0.15) is 22.0 Å². The molecule has 0 aromatic heterocycles. The fraction of sp³-hybridized carbons (Fsp3) is 0.381. The van der Waals surface area contributed by atoms with Crippen molar-refractivity contribution in [2.24, 2.45) is 0 Å². The number of carbonyl (C=O) groups is 1. The minimum atomic E-state index is -4.41. The van der Waals surface area contributed by atoms with E-state index in [1.807, 2.05) is 4.90 Å². The van der Waals surface area contributed by atoms with Crippen molar-refractivity contribution < 1.29 is 31.5 Å². The third kappa shape index (κ3) is 5.99. The molecule has 10 heteroatoms. The third-order valence-electron chi connectivity index (χ3n) is 5.05. The summed E-state index contributed by atoms with van der Waals surface area (Å²) in [6.07, 6.45) is -4.41. The molecule has 3 rings (SSSR count). The topological polar surface area (TPSA) is 44.8 Å². The zero-order valence-corrected chi connectivity index (χ0v) is 16.7. The maximum absolute atomic E-state index is 12.9. The average molecular weight is 443 g/mol. The number of rotatable bonds is 5. The predicted octanol–water partition coefficient (Wildman–Crippen LogP) is 4.90. The van der Waals surface area contributed by atoms with Gasteiger partial charge in [-0.05, 0) is 42.8 Å². The van der Waals surface area contributed by atoms with Crippen LogP contribution in [0, 0.1) is 0 Å². The first-order valence-electron chi connectivity index (χ1n) is 9.66. The van der Waals surface area contributed by atoms with Gasteiger partial charge in [0.1, 0.15) is 5.75 Å². The Morgan fingerprint density at radius 1 is 1.03 bits per heavy atom. The molecule has 2 aromatic carbocycles. The number of piperazine rings is 1. The van der Waals surface area contributed by atoms with E-state index in [-0.39, 0.29) is 17.8 Å². The Morgan fingerprint density at radius 3 is 2.26 bits per heavy atom. The van der Waals surface area contributed by atoms with E-state index in [0.29, 0.717) is 31.9 Å². The number of amides is 2. The first-order valence-corrected chi connectivity index (χ1v) is 9.66. The molecule has 31 heavy (non-hydrogen) atoms. The van der Waals surface area contributed by atoms with Gasteiger partial charge in [-0.3, -0.25) is 0 Å². The predicted molar refractivity (Wildman–Crippen MR) is 105 cm³/mol. The van der Waals surface area contributed by atoms with Gasteiger partial charge in [0.25, 0.3) is 0 Å². The van der Waals surface area contributed by atoms with E-state index in [1.54, 1.807) is 30.0 Å². The summed E-state index contributed by atoms with van der Waals surface area (Å²) in [7, 11) is 0. The van der Waals surface area contributed by atoms with Gasteiger partial charge in [0.2, 0.25) is 0 Å². The van der Waals surface area contributed by atoms with Crippen LogP contribution in [0.15, 0.2) is 48.5 Å². The molecule has 168 valence electrons. The third-order valence-corrected chi connectivity index (χ3v) is 5.05. The number of anilines is 1. The summed E-state index contributed by atoms with van der Waals surface area (Å²) in [5.74, 6) is 0.0305. The van der Waals surface area contributed by atoms with Gasteiger partial charge in [-0.15, -0.1) is 0 Å². The minimum absolute atomic E-state index is 0.0305. The fourth-order valence-corrected chi connectivity index (χ4v) is 3.34. The SMILES string of the molecule is CC(NC(=O)N1CCN(c2cccc(C(F)(F)F)c2)CC1)c1ccc(OC(F)F)cc1. The maximum atomic E-state index is 12.9. The van der Waals surface area contributed by atoms with Crippen LogP contribution in [0.2, 0.25) is 0 Å². The number of ether oxygens (including phenoxy) is 1. The molecule has 2 amide bonds. The maximum Gasteiger partial charge on any atom is 0.416 e. The number of alkyl halides is 5. The van der Waals surface area contributed by atoms with E-state index in [9.17, 15) is 26.7 Å². The summed E-state index contributed by atoms with van der Waals surface area (Å²) >= 11 is 0. The molecule has 0 saturated carbocycles. The number of urea groups is 1. The first-order chi connectivity index (χ1) is 14.6. The van der Waals surface area contributed by atoms with E-state index in [2.05, 4.69) is 10.1 Å². The van der Waals surface area contributed by atoms with Gasteiger partial charge in [-0.1, -0.05) is 18.2 Å². The van der Waals surface area contributed by atoms with Crippen molar-refractivity contribution in [2.45, 2.75) is 25.8 Å². The van der Waals surface area contributed by atoms with E-state index in [4.69, 9.17) is 0 Å². The van der Waals surface area contributed by atoms with Crippen LogP contribution in [0.25, 0.3) is 0 Å². The van der Waals surface area contributed by atoms with E-state index >= 15 is 0 Å². The molecule has 0 spiro atoms. The van der Waals surface area contributed by atoms with Crippen LogP contribution in [0.1, 0.15) is 24.1 Å². The Labute approximate surface area is 176 Å². The van der Waals surface area contributed by atoms with Crippen LogP contribution < -0.4 is 15.0 Å². The monoisotopic (exact) mass is 443 g/mol. The quantitative estimate of drug-likeness (QED) is 0.669. The molecule has 5 nitrogen and oxygen atoms in total. The smallest absolute Gasteiger partial charge is 0.416 e. The van der Waals surface area contributed by atoms with Gasteiger partial charge in [0.15, 0.2) is 0 Å². The largest absolute Gasteiger partial charge is 0.435 e. The molecule has 1 heterocycles. The average Bonchev–Trinajstić information content (AvgIpc) is 2.73. The summed E-state index contributed by atoms with van der Waals surface area (Å²) in [5.41, 5.74) is 0.482. The van der Waals surface area contributed by atoms with Crippen molar-refractivity contribution in [1.29, 1.82) is 0 Å². The van der Waals surface area contributed by atoms with Gasteiger partial charge in [0, 0.05) is 31.9 Å². The van der Waals surface area contributed by atoms with Gasteiger partial charge in [-0.25, -0.2) is 4.79 Å². The standard InChI is InChI=1S/C21H22F5N3O2/c1-14(15-5-7-18(8-6-15)31-19(22)23)27-20(30)29-11-9-28(10-12-29)17-4-2-3-16(13-17)21(24,25)26/h2-8,13-14,19H,9-12H2,1H3,(H,27,30). The minimum Gasteiger partial charge on any atom is -0.435 e. The Balaban J connectivity index is 1.53. The van der Waals surface area contributed by atoms with Crippen molar-refractivity contribution in [1.82, 2.24) is 10.2 Å². The summed E-state index contributed by atoms with van der Waals surface area (Å²) in [5, 5.41) is 2.84. The van der Waals surface area contributed by atoms with Gasteiger partial charge < -0.3 is 19.9 Å². The molecule has 0 bridgehead atoms. The second-order valence-corrected chi connectivity index (χ2v) is 7.14. The molecule has 1 unspecified atom stereocenters. The Morgan fingerprint density at radius 2 is 1.68 bits per heavy atom. The van der Waals surface area contributed by atoms with Gasteiger partial charge in [0.05, 0.1) is 11.6 Å². The molecule has 1 N–H and O–H groups in total. The lowest BCUT2D eigenvalue weighted by atomic mass is 10.1. The van der Waals surface area contributed by atoms with Crippen LogP contribution >= 0.6 is 0 Å².